The first kappa shape index (κ1) is 26.0. The molecule has 1 amide bonds. The van der Waals surface area contributed by atoms with E-state index < -0.39 is 17.2 Å². The number of hydrogen-bond acceptors (Lipinski definition) is 4. The molecule has 0 radical (unpaired) electrons. The molecule has 3 aromatic rings. The molecule has 1 aliphatic heterocycles. The van der Waals surface area contributed by atoms with Crippen molar-refractivity contribution in [3.8, 4) is 5.75 Å². The summed E-state index contributed by atoms with van der Waals surface area (Å²) in [4.78, 5) is 29.7. The summed E-state index contributed by atoms with van der Waals surface area (Å²) >= 11 is 3.27. The van der Waals surface area contributed by atoms with Gasteiger partial charge < -0.3 is 19.7 Å². The standard InChI is InChI=1S/C27H27BrF2N2O4/c1-16-21(24(23(28)25(33)31-16)36-15-19-7-8-20(29)14-22(19)30)13-17-3-5-18(6-4-17)26(34)32-11-9-27(2,35)10-12-32/h3-8,14,35H,9-13,15H2,1-2H3,(H,31,33). The zero-order chi connectivity index (χ0) is 26.0. The van der Waals surface area contributed by atoms with Crippen molar-refractivity contribution in [2.45, 2.75) is 45.3 Å². The Kier molecular flexibility index (Phi) is 7.61. The van der Waals surface area contributed by atoms with Crippen LogP contribution in [0.5, 0.6) is 5.75 Å². The van der Waals surface area contributed by atoms with Crippen LogP contribution in [-0.2, 0) is 13.0 Å². The highest BCUT2D eigenvalue weighted by atomic mass is 79.9. The number of carbonyl (C=O) groups is 1. The van der Waals surface area contributed by atoms with E-state index in [9.17, 15) is 23.5 Å². The Balaban J connectivity index is 1.53. The normalized spacial score (nSPS) is 15.1. The van der Waals surface area contributed by atoms with E-state index in [1.807, 2.05) is 12.1 Å². The number of nitrogens with one attached hydrogen (secondary N) is 1. The van der Waals surface area contributed by atoms with Crippen molar-refractivity contribution in [3.63, 3.8) is 0 Å². The number of rotatable bonds is 6. The van der Waals surface area contributed by atoms with Crippen LogP contribution in [0.1, 0.15) is 52.5 Å². The molecule has 0 atom stereocenters. The first-order valence-electron chi connectivity index (χ1n) is 11.6. The predicted octanol–water partition coefficient (Wildman–Crippen LogP) is 4.88. The Morgan fingerprint density at radius 2 is 1.83 bits per heavy atom. The highest BCUT2D eigenvalue weighted by Gasteiger charge is 2.30. The van der Waals surface area contributed by atoms with Gasteiger partial charge in [0, 0.05) is 48.0 Å². The number of likely N-dealkylation sites (tertiary alicyclic amines) is 1. The Bertz CT molecular complexity index is 1330. The lowest BCUT2D eigenvalue weighted by Gasteiger charge is -2.35. The lowest BCUT2D eigenvalue weighted by atomic mass is 9.93. The fraction of sp³-hybridized carbons (Fsp3) is 0.333. The zero-order valence-electron chi connectivity index (χ0n) is 20.0. The lowest BCUT2D eigenvalue weighted by Crippen LogP contribution is -2.45. The Morgan fingerprint density at radius 1 is 1.17 bits per heavy atom. The predicted molar refractivity (Wildman–Crippen MR) is 135 cm³/mol. The summed E-state index contributed by atoms with van der Waals surface area (Å²) in [5, 5.41) is 10.1. The molecule has 2 N–H and O–H groups in total. The minimum atomic E-state index is -0.730. The van der Waals surface area contributed by atoms with Crippen molar-refractivity contribution in [3.05, 3.63) is 96.9 Å². The summed E-state index contributed by atoms with van der Waals surface area (Å²) in [5.41, 5.74) is 1.78. The van der Waals surface area contributed by atoms with E-state index in [2.05, 4.69) is 20.9 Å². The largest absolute Gasteiger partial charge is 0.487 e. The number of hydrogen-bond donors (Lipinski definition) is 2. The summed E-state index contributed by atoms with van der Waals surface area (Å²) in [5.74, 6) is -1.21. The fourth-order valence-electron chi connectivity index (χ4n) is 4.20. The second-order valence-electron chi connectivity index (χ2n) is 9.39. The van der Waals surface area contributed by atoms with E-state index in [0.29, 0.717) is 49.2 Å². The minimum absolute atomic E-state index is 0.0784. The molecular formula is C27H27BrF2N2O4. The molecule has 2 aromatic carbocycles. The Hall–Kier alpha value is -3.04. The van der Waals surface area contributed by atoms with Crippen LogP contribution in [-0.4, -0.2) is 39.6 Å². The van der Waals surface area contributed by atoms with E-state index in [4.69, 9.17) is 4.74 Å². The molecule has 36 heavy (non-hydrogen) atoms. The highest BCUT2D eigenvalue weighted by Crippen LogP contribution is 2.31. The van der Waals surface area contributed by atoms with Gasteiger partial charge in [0.1, 0.15) is 28.5 Å². The number of halogens is 3. The SMILES string of the molecule is Cc1[nH]c(=O)c(Br)c(OCc2ccc(F)cc2F)c1Cc1ccc(C(=O)N2CCC(C)(O)CC2)cc1. The second-order valence-corrected chi connectivity index (χ2v) is 10.2. The molecule has 1 aromatic heterocycles. The smallest absolute Gasteiger partial charge is 0.266 e. The van der Waals surface area contributed by atoms with Gasteiger partial charge >= 0.3 is 0 Å². The maximum Gasteiger partial charge on any atom is 0.266 e. The molecule has 4 rings (SSSR count). The molecule has 0 spiro atoms. The molecule has 0 aliphatic carbocycles. The van der Waals surface area contributed by atoms with Crippen LogP contribution < -0.4 is 10.3 Å². The number of amides is 1. The summed E-state index contributed by atoms with van der Waals surface area (Å²) in [6.45, 7) is 4.37. The third-order valence-corrected chi connectivity index (χ3v) is 7.24. The van der Waals surface area contributed by atoms with Crippen LogP contribution in [0, 0.1) is 18.6 Å². The topological polar surface area (TPSA) is 82.6 Å². The number of pyridine rings is 1. The molecule has 0 saturated carbocycles. The Morgan fingerprint density at radius 3 is 2.47 bits per heavy atom. The summed E-state index contributed by atoms with van der Waals surface area (Å²) in [7, 11) is 0. The Labute approximate surface area is 216 Å². The van der Waals surface area contributed by atoms with Crippen LogP contribution in [0.2, 0.25) is 0 Å². The number of carbonyl (C=O) groups excluding carboxylic acids is 1. The number of aryl methyl sites for hydroxylation is 1. The van der Waals surface area contributed by atoms with E-state index >= 15 is 0 Å². The molecular weight excluding hydrogens is 534 g/mol. The molecule has 1 aliphatic rings. The van der Waals surface area contributed by atoms with E-state index in [1.54, 1.807) is 30.9 Å². The van der Waals surface area contributed by atoms with Crippen molar-refractivity contribution >= 4 is 21.8 Å². The molecule has 0 bridgehead atoms. The summed E-state index contributed by atoms with van der Waals surface area (Å²) in [6.07, 6.45) is 1.48. The van der Waals surface area contributed by atoms with Gasteiger partial charge in [-0.15, -0.1) is 0 Å². The highest BCUT2D eigenvalue weighted by molar-refractivity contribution is 9.10. The van der Waals surface area contributed by atoms with E-state index in [-0.39, 0.29) is 33.9 Å². The zero-order valence-corrected chi connectivity index (χ0v) is 21.6. The fourth-order valence-corrected chi connectivity index (χ4v) is 4.65. The monoisotopic (exact) mass is 560 g/mol. The number of piperidine rings is 1. The van der Waals surface area contributed by atoms with Crippen LogP contribution in [0.25, 0.3) is 0 Å². The number of nitrogens with zero attached hydrogens (tertiary/aromatic N) is 1. The van der Waals surface area contributed by atoms with Crippen molar-refractivity contribution in [2.24, 2.45) is 0 Å². The van der Waals surface area contributed by atoms with Gasteiger partial charge in [-0.2, -0.15) is 0 Å². The summed E-state index contributed by atoms with van der Waals surface area (Å²) < 4.78 is 33.4. The molecule has 1 saturated heterocycles. The third kappa shape index (κ3) is 5.84. The molecule has 6 nitrogen and oxygen atoms in total. The maximum absolute atomic E-state index is 14.1. The van der Waals surface area contributed by atoms with Crippen LogP contribution >= 0.6 is 15.9 Å². The lowest BCUT2D eigenvalue weighted by molar-refractivity contribution is -0.00202. The summed E-state index contributed by atoms with van der Waals surface area (Å²) in [6, 6.07) is 10.4. The van der Waals surface area contributed by atoms with Crippen molar-refractivity contribution in [1.82, 2.24) is 9.88 Å². The van der Waals surface area contributed by atoms with Crippen molar-refractivity contribution < 1.29 is 23.4 Å². The van der Waals surface area contributed by atoms with Gasteiger partial charge in [0.2, 0.25) is 0 Å². The van der Waals surface area contributed by atoms with E-state index in [0.717, 1.165) is 17.7 Å². The number of benzene rings is 2. The number of H-pyrrole nitrogens is 1. The van der Waals surface area contributed by atoms with Crippen LogP contribution in [0.3, 0.4) is 0 Å². The van der Waals surface area contributed by atoms with Crippen molar-refractivity contribution in [1.29, 1.82) is 0 Å². The van der Waals surface area contributed by atoms with Gasteiger partial charge in [-0.05, 0) is 72.4 Å². The molecule has 9 heteroatoms. The van der Waals surface area contributed by atoms with Gasteiger partial charge in [0.15, 0.2) is 0 Å². The van der Waals surface area contributed by atoms with Gasteiger partial charge in [-0.25, -0.2) is 8.78 Å². The molecule has 0 unspecified atom stereocenters. The minimum Gasteiger partial charge on any atom is -0.487 e. The molecule has 190 valence electrons. The number of aromatic amines is 1. The van der Waals surface area contributed by atoms with Gasteiger partial charge in [0.05, 0.1) is 5.60 Å². The average molecular weight is 561 g/mol. The molecule has 2 heterocycles. The number of aromatic nitrogens is 1. The maximum atomic E-state index is 14.1. The first-order chi connectivity index (χ1) is 17.0. The van der Waals surface area contributed by atoms with Gasteiger partial charge in [0.25, 0.3) is 11.5 Å². The average Bonchev–Trinajstić information content (AvgIpc) is 2.83. The number of ether oxygens (including phenoxy) is 1. The molecule has 1 fully saturated rings. The quantitative estimate of drug-likeness (QED) is 0.450. The number of aliphatic hydroxyl groups is 1. The first-order valence-corrected chi connectivity index (χ1v) is 12.4. The van der Waals surface area contributed by atoms with Gasteiger partial charge in [-0.3, -0.25) is 9.59 Å². The second kappa shape index (κ2) is 10.5. The van der Waals surface area contributed by atoms with Crippen molar-refractivity contribution in [2.75, 3.05) is 13.1 Å². The van der Waals surface area contributed by atoms with Gasteiger partial charge in [-0.1, -0.05) is 12.1 Å². The van der Waals surface area contributed by atoms with Crippen LogP contribution in [0.15, 0.2) is 51.7 Å². The third-order valence-electron chi connectivity index (χ3n) is 6.52. The van der Waals surface area contributed by atoms with Crippen LogP contribution in [0.4, 0.5) is 8.78 Å². The van der Waals surface area contributed by atoms with E-state index in [1.165, 1.54) is 6.07 Å².